The lowest BCUT2D eigenvalue weighted by molar-refractivity contribution is -0.121. The molecule has 0 fully saturated rings. The van der Waals surface area contributed by atoms with Crippen molar-refractivity contribution >= 4 is 17.2 Å². The Morgan fingerprint density at radius 3 is 3.31 bits per heavy atom. The van der Waals surface area contributed by atoms with Crippen molar-refractivity contribution in [3.05, 3.63) is 21.9 Å². The number of carbonyl (C=O) groups is 1. The van der Waals surface area contributed by atoms with Gasteiger partial charge in [0.2, 0.25) is 5.91 Å². The Bertz CT molecular complexity index is 362. The molecule has 2 N–H and O–H groups in total. The van der Waals surface area contributed by atoms with Gasteiger partial charge in [0.1, 0.15) is 0 Å². The molecule has 1 aromatic heterocycles. The normalized spacial score (nSPS) is 19.2. The molecule has 3 nitrogen and oxygen atoms in total. The van der Waals surface area contributed by atoms with Crippen molar-refractivity contribution in [1.29, 1.82) is 0 Å². The predicted octanol–water partition coefficient (Wildman–Crippen LogP) is 1.85. The number of aryl methyl sites for hydroxylation is 1. The topological polar surface area (TPSA) is 41.1 Å². The molecular formula is C12H18N2OS. The van der Waals surface area contributed by atoms with Crippen LogP contribution in [-0.4, -0.2) is 19.0 Å². The fourth-order valence-electron chi connectivity index (χ4n) is 2.12. The number of hydrogen-bond acceptors (Lipinski definition) is 3. The minimum atomic E-state index is 0.103. The summed E-state index contributed by atoms with van der Waals surface area (Å²) in [4.78, 5) is 13.1. The van der Waals surface area contributed by atoms with Crippen LogP contribution < -0.4 is 10.6 Å². The molecule has 0 saturated carbocycles. The summed E-state index contributed by atoms with van der Waals surface area (Å²) in [6, 6.07) is 2.39. The molecule has 0 aromatic carbocycles. The monoisotopic (exact) mass is 238 g/mol. The number of amides is 1. The van der Waals surface area contributed by atoms with E-state index in [4.69, 9.17) is 0 Å². The maximum absolute atomic E-state index is 11.6. The Kier molecular flexibility index (Phi) is 3.96. The smallest absolute Gasteiger partial charge is 0.234 e. The highest BCUT2D eigenvalue weighted by Gasteiger charge is 2.22. The standard InChI is InChI=1S/C12H18N2OS/c1-2-13-8-12(15)14-10-4-3-5-11-9(10)6-7-16-11/h6-7,10,13H,2-5,8H2,1H3,(H,14,15). The first-order chi connectivity index (χ1) is 7.81. The lowest BCUT2D eigenvalue weighted by atomic mass is 9.94. The van der Waals surface area contributed by atoms with Crippen molar-refractivity contribution < 1.29 is 4.79 Å². The number of likely N-dealkylation sites (N-methyl/N-ethyl adjacent to an activating group) is 1. The zero-order valence-electron chi connectivity index (χ0n) is 9.58. The first kappa shape index (κ1) is 11.6. The fraction of sp³-hybridized carbons (Fsp3) is 0.583. The Balaban J connectivity index is 1.94. The summed E-state index contributed by atoms with van der Waals surface area (Å²) in [6.07, 6.45) is 3.42. The van der Waals surface area contributed by atoms with Crippen molar-refractivity contribution in [3.63, 3.8) is 0 Å². The summed E-state index contributed by atoms with van der Waals surface area (Å²) < 4.78 is 0. The van der Waals surface area contributed by atoms with E-state index in [1.807, 2.05) is 18.3 Å². The van der Waals surface area contributed by atoms with E-state index < -0.39 is 0 Å². The van der Waals surface area contributed by atoms with Gasteiger partial charge < -0.3 is 10.6 Å². The molecule has 0 aliphatic heterocycles. The number of hydrogen-bond donors (Lipinski definition) is 2. The second-order valence-electron chi connectivity index (χ2n) is 4.09. The summed E-state index contributed by atoms with van der Waals surface area (Å²) in [5.41, 5.74) is 1.33. The molecule has 88 valence electrons. The largest absolute Gasteiger partial charge is 0.348 e. The molecule has 1 heterocycles. The number of fused-ring (bicyclic) bond motifs is 1. The fourth-order valence-corrected chi connectivity index (χ4v) is 3.11. The number of carbonyl (C=O) groups excluding carboxylic acids is 1. The van der Waals surface area contributed by atoms with Crippen molar-refractivity contribution in [1.82, 2.24) is 10.6 Å². The Hall–Kier alpha value is -0.870. The molecule has 16 heavy (non-hydrogen) atoms. The van der Waals surface area contributed by atoms with Gasteiger partial charge in [-0.25, -0.2) is 0 Å². The molecule has 0 spiro atoms. The molecule has 1 aliphatic rings. The van der Waals surface area contributed by atoms with Crippen LogP contribution in [0, 0.1) is 0 Å². The molecule has 0 bridgehead atoms. The van der Waals surface area contributed by atoms with Gasteiger partial charge in [0.05, 0.1) is 12.6 Å². The maximum Gasteiger partial charge on any atom is 0.234 e. The number of rotatable bonds is 4. The SMILES string of the molecule is CCNCC(=O)NC1CCCc2sccc21. The summed E-state index contributed by atoms with van der Waals surface area (Å²) in [5, 5.41) is 8.27. The van der Waals surface area contributed by atoms with E-state index >= 15 is 0 Å². The van der Waals surface area contributed by atoms with Crippen molar-refractivity contribution in [2.24, 2.45) is 0 Å². The Labute approximate surface area is 100 Å². The Morgan fingerprint density at radius 2 is 2.50 bits per heavy atom. The second-order valence-corrected chi connectivity index (χ2v) is 5.09. The van der Waals surface area contributed by atoms with Gasteiger partial charge in [0.25, 0.3) is 0 Å². The van der Waals surface area contributed by atoms with Crippen LogP contribution in [0.2, 0.25) is 0 Å². The quantitative estimate of drug-likeness (QED) is 0.840. The average molecular weight is 238 g/mol. The van der Waals surface area contributed by atoms with Crippen LogP contribution in [0.4, 0.5) is 0 Å². The summed E-state index contributed by atoms with van der Waals surface area (Å²) in [5.74, 6) is 0.103. The lowest BCUT2D eigenvalue weighted by Crippen LogP contribution is -2.37. The van der Waals surface area contributed by atoms with E-state index in [1.165, 1.54) is 23.3 Å². The van der Waals surface area contributed by atoms with E-state index in [-0.39, 0.29) is 11.9 Å². The van der Waals surface area contributed by atoms with E-state index in [9.17, 15) is 4.79 Å². The van der Waals surface area contributed by atoms with Crippen molar-refractivity contribution in [2.75, 3.05) is 13.1 Å². The van der Waals surface area contributed by atoms with Crippen LogP contribution in [0.1, 0.15) is 36.2 Å². The van der Waals surface area contributed by atoms with Crippen LogP contribution in [0.3, 0.4) is 0 Å². The number of nitrogens with one attached hydrogen (secondary N) is 2. The van der Waals surface area contributed by atoms with Crippen LogP contribution in [-0.2, 0) is 11.2 Å². The molecule has 1 aromatic rings. The molecule has 1 aliphatic carbocycles. The van der Waals surface area contributed by atoms with Gasteiger partial charge in [-0.2, -0.15) is 0 Å². The average Bonchev–Trinajstić information content (AvgIpc) is 2.75. The summed E-state index contributed by atoms with van der Waals surface area (Å²) >= 11 is 1.81. The molecule has 0 saturated heterocycles. The molecule has 1 amide bonds. The summed E-state index contributed by atoms with van der Waals surface area (Å²) in [7, 11) is 0. The van der Waals surface area contributed by atoms with Crippen LogP contribution >= 0.6 is 11.3 Å². The maximum atomic E-state index is 11.6. The first-order valence-electron chi connectivity index (χ1n) is 5.87. The Morgan fingerprint density at radius 1 is 1.62 bits per heavy atom. The summed E-state index contributed by atoms with van der Waals surface area (Å²) in [6.45, 7) is 3.26. The zero-order chi connectivity index (χ0) is 11.4. The van der Waals surface area contributed by atoms with Gasteiger partial charge in [-0.15, -0.1) is 11.3 Å². The molecular weight excluding hydrogens is 220 g/mol. The van der Waals surface area contributed by atoms with Crippen molar-refractivity contribution in [3.8, 4) is 0 Å². The highest BCUT2D eigenvalue weighted by molar-refractivity contribution is 7.10. The van der Waals surface area contributed by atoms with E-state index in [0.29, 0.717) is 6.54 Å². The molecule has 4 heteroatoms. The van der Waals surface area contributed by atoms with Gasteiger partial charge in [-0.05, 0) is 42.8 Å². The van der Waals surface area contributed by atoms with E-state index in [2.05, 4.69) is 22.1 Å². The van der Waals surface area contributed by atoms with Gasteiger partial charge in [0.15, 0.2) is 0 Å². The zero-order valence-corrected chi connectivity index (χ0v) is 10.4. The third kappa shape index (κ3) is 2.62. The third-order valence-electron chi connectivity index (χ3n) is 2.92. The van der Waals surface area contributed by atoms with Crippen LogP contribution in [0.25, 0.3) is 0 Å². The van der Waals surface area contributed by atoms with Gasteiger partial charge in [0, 0.05) is 4.88 Å². The van der Waals surface area contributed by atoms with Gasteiger partial charge >= 0.3 is 0 Å². The molecule has 1 unspecified atom stereocenters. The third-order valence-corrected chi connectivity index (χ3v) is 3.92. The highest BCUT2D eigenvalue weighted by atomic mass is 32.1. The second kappa shape index (κ2) is 5.46. The van der Waals surface area contributed by atoms with Gasteiger partial charge in [-0.3, -0.25) is 4.79 Å². The van der Waals surface area contributed by atoms with E-state index in [1.54, 1.807) is 0 Å². The number of thiophene rings is 1. The van der Waals surface area contributed by atoms with Crippen molar-refractivity contribution in [2.45, 2.75) is 32.2 Å². The molecule has 0 radical (unpaired) electrons. The predicted molar refractivity (Wildman–Crippen MR) is 66.7 cm³/mol. The van der Waals surface area contributed by atoms with Crippen LogP contribution in [0.15, 0.2) is 11.4 Å². The minimum Gasteiger partial charge on any atom is -0.348 e. The first-order valence-corrected chi connectivity index (χ1v) is 6.75. The van der Waals surface area contributed by atoms with E-state index in [0.717, 1.165) is 13.0 Å². The molecule has 2 rings (SSSR count). The minimum absolute atomic E-state index is 0.103. The lowest BCUT2D eigenvalue weighted by Gasteiger charge is -2.23. The molecule has 1 atom stereocenters. The highest BCUT2D eigenvalue weighted by Crippen LogP contribution is 2.32. The van der Waals surface area contributed by atoms with Crippen LogP contribution in [0.5, 0.6) is 0 Å². The van der Waals surface area contributed by atoms with Gasteiger partial charge in [-0.1, -0.05) is 6.92 Å².